The zero-order valence-corrected chi connectivity index (χ0v) is 23.9. The van der Waals surface area contributed by atoms with Crippen LogP contribution in [0.2, 0.25) is 0 Å². The topological polar surface area (TPSA) is 19.4 Å². The highest BCUT2D eigenvalue weighted by Crippen LogP contribution is 2.53. The molecule has 0 atom stereocenters. The average molecular weight is 562 g/mol. The number of rotatable bonds is 2. The van der Waals surface area contributed by atoms with Crippen molar-refractivity contribution in [2.75, 3.05) is 9.80 Å². The Hall–Kier alpha value is -5.93. The summed E-state index contributed by atoms with van der Waals surface area (Å²) >= 11 is 0. The third-order valence-electron chi connectivity index (χ3n) is 8.77. The quantitative estimate of drug-likeness (QED) is 0.196. The summed E-state index contributed by atoms with van der Waals surface area (Å²) in [6, 6.07) is 47.7. The van der Waals surface area contributed by atoms with E-state index in [-0.39, 0.29) is 0 Å². The van der Waals surface area contributed by atoms with E-state index in [4.69, 9.17) is 4.98 Å². The number of benzene rings is 6. The van der Waals surface area contributed by atoms with Crippen molar-refractivity contribution < 1.29 is 0 Å². The van der Waals surface area contributed by atoms with Crippen molar-refractivity contribution in [2.24, 2.45) is 0 Å². The number of aromatic nitrogens is 1. The van der Waals surface area contributed by atoms with Crippen LogP contribution >= 0.6 is 0 Å². The van der Waals surface area contributed by atoms with Gasteiger partial charge in [-0.2, -0.15) is 0 Å². The van der Waals surface area contributed by atoms with Gasteiger partial charge >= 0.3 is 0 Å². The fourth-order valence-corrected chi connectivity index (χ4v) is 6.85. The number of hydrogen-bond acceptors (Lipinski definition) is 3. The van der Waals surface area contributed by atoms with Gasteiger partial charge in [-0.3, -0.25) is 4.98 Å². The second-order valence-corrected chi connectivity index (χ2v) is 11.2. The molecule has 6 aromatic carbocycles. The van der Waals surface area contributed by atoms with Gasteiger partial charge in [0.15, 0.2) is 0 Å². The summed E-state index contributed by atoms with van der Waals surface area (Å²) in [7, 11) is 0. The Morgan fingerprint density at radius 2 is 0.705 bits per heavy atom. The highest BCUT2D eigenvalue weighted by molar-refractivity contribution is 6.23. The predicted octanol–water partition coefficient (Wildman–Crippen LogP) is 11.3. The van der Waals surface area contributed by atoms with Crippen LogP contribution in [0, 0.1) is 0 Å². The Labute approximate surface area is 256 Å². The van der Waals surface area contributed by atoms with Crippen LogP contribution in [0.15, 0.2) is 140 Å². The van der Waals surface area contributed by atoms with Crippen LogP contribution in [0.25, 0.3) is 46.0 Å². The standard InChI is InChI=1S/C41H27N3/c1-7-19-35-28(12-1)23-24-29-13-2-8-20-36(29)43(35)40-32-16-5-6-17-33(32)41(39-34(40)18-11-27-42-39)44-37-21-9-3-14-30(37)25-26-31-15-4-10-22-38(31)44/h1-27H. The highest BCUT2D eigenvalue weighted by Gasteiger charge is 2.29. The van der Waals surface area contributed by atoms with E-state index in [0.717, 1.165) is 50.4 Å². The van der Waals surface area contributed by atoms with Gasteiger partial charge in [0.05, 0.1) is 39.6 Å². The lowest BCUT2D eigenvalue weighted by molar-refractivity contribution is 1.27. The molecule has 0 fully saturated rings. The number of nitrogens with zero attached hydrogens (tertiary/aromatic N) is 3. The minimum atomic E-state index is 0.958. The first-order chi connectivity index (χ1) is 21.9. The molecule has 9 rings (SSSR count). The van der Waals surface area contributed by atoms with Crippen LogP contribution in [0.3, 0.4) is 0 Å². The molecule has 44 heavy (non-hydrogen) atoms. The van der Waals surface area contributed by atoms with E-state index in [1.165, 1.54) is 27.6 Å². The molecule has 7 aromatic rings. The molecule has 0 aliphatic carbocycles. The number of hydrogen-bond donors (Lipinski definition) is 0. The summed E-state index contributed by atoms with van der Waals surface area (Å²) in [6.45, 7) is 0. The summed E-state index contributed by atoms with van der Waals surface area (Å²) < 4.78 is 0. The van der Waals surface area contributed by atoms with Crippen molar-refractivity contribution in [3.05, 3.63) is 162 Å². The molecule has 0 unspecified atom stereocenters. The molecule has 1 aromatic heterocycles. The van der Waals surface area contributed by atoms with Gasteiger partial charge in [0.2, 0.25) is 0 Å². The second kappa shape index (κ2) is 9.82. The highest BCUT2D eigenvalue weighted by atomic mass is 15.2. The van der Waals surface area contributed by atoms with E-state index < -0.39 is 0 Å². The lowest BCUT2D eigenvalue weighted by Gasteiger charge is -2.33. The Morgan fingerprint density at radius 1 is 0.341 bits per heavy atom. The minimum absolute atomic E-state index is 0.958. The maximum absolute atomic E-state index is 5.17. The number of anilines is 6. The summed E-state index contributed by atoms with van der Waals surface area (Å²) in [5.74, 6) is 0. The predicted molar refractivity (Wildman–Crippen MR) is 186 cm³/mol. The van der Waals surface area contributed by atoms with Gasteiger partial charge in [-0.05, 0) is 58.7 Å². The van der Waals surface area contributed by atoms with E-state index in [0.29, 0.717) is 0 Å². The van der Waals surface area contributed by atoms with Gasteiger partial charge in [0.1, 0.15) is 0 Å². The smallest absolute Gasteiger partial charge is 0.0970 e. The number of fused-ring (bicyclic) bond motifs is 6. The Morgan fingerprint density at radius 3 is 1.18 bits per heavy atom. The molecule has 0 radical (unpaired) electrons. The van der Waals surface area contributed by atoms with Crippen LogP contribution in [-0.2, 0) is 0 Å². The van der Waals surface area contributed by atoms with Crippen molar-refractivity contribution in [1.29, 1.82) is 0 Å². The first kappa shape index (κ1) is 24.6. The Kier molecular flexibility index (Phi) is 5.50. The molecule has 3 heteroatoms. The van der Waals surface area contributed by atoms with Crippen molar-refractivity contribution in [1.82, 2.24) is 4.98 Å². The molecule has 0 saturated carbocycles. The van der Waals surface area contributed by atoms with Crippen LogP contribution in [0.4, 0.5) is 34.1 Å². The molecule has 0 N–H and O–H groups in total. The third-order valence-corrected chi connectivity index (χ3v) is 8.77. The van der Waals surface area contributed by atoms with Crippen LogP contribution in [0.1, 0.15) is 22.3 Å². The van der Waals surface area contributed by atoms with E-state index in [1.54, 1.807) is 0 Å². The van der Waals surface area contributed by atoms with Gasteiger partial charge in [0, 0.05) is 22.4 Å². The molecule has 206 valence electrons. The summed E-state index contributed by atoms with van der Waals surface area (Å²) in [4.78, 5) is 10.0. The maximum Gasteiger partial charge on any atom is 0.0970 e. The molecule has 0 spiro atoms. The zero-order valence-electron chi connectivity index (χ0n) is 23.9. The normalized spacial score (nSPS) is 13.2. The molecular formula is C41H27N3. The molecule has 0 amide bonds. The maximum atomic E-state index is 5.17. The van der Waals surface area contributed by atoms with Crippen molar-refractivity contribution in [2.45, 2.75) is 0 Å². The van der Waals surface area contributed by atoms with Gasteiger partial charge < -0.3 is 9.80 Å². The van der Waals surface area contributed by atoms with Crippen LogP contribution in [0.5, 0.6) is 0 Å². The second-order valence-electron chi connectivity index (χ2n) is 11.2. The van der Waals surface area contributed by atoms with E-state index >= 15 is 0 Å². The monoisotopic (exact) mass is 561 g/mol. The average Bonchev–Trinajstić information content (AvgIpc) is 3.36. The summed E-state index contributed by atoms with van der Waals surface area (Å²) in [5.41, 5.74) is 12.4. The summed E-state index contributed by atoms with van der Waals surface area (Å²) in [6.07, 6.45) is 10.8. The van der Waals surface area contributed by atoms with Crippen LogP contribution < -0.4 is 9.80 Å². The van der Waals surface area contributed by atoms with E-state index in [9.17, 15) is 0 Å². The van der Waals surface area contributed by atoms with Crippen LogP contribution in [-0.4, -0.2) is 4.98 Å². The van der Waals surface area contributed by atoms with Crippen molar-refractivity contribution >= 4 is 80.1 Å². The van der Waals surface area contributed by atoms with Gasteiger partial charge in [-0.25, -0.2) is 0 Å². The molecule has 2 aliphatic rings. The lowest BCUT2D eigenvalue weighted by atomic mass is 9.97. The fourth-order valence-electron chi connectivity index (χ4n) is 6.85. The molecular weight excluding hydrogens is 534 g/mol. The molecule has 3 nitrogen and oxygen atoms in total. The molecule has 2 aliphatic heterocycles. The Balaban J connectivity index is 1.44. The van der Waals surface area contributed by atoms with Crippen molar-refractivity contribution in [3.63, 3.8) is 0 Å². The largest absolute Gasteiger partial charge is 0.308 e. The van der Waals surface area contributed by atoms with Gasteiger partial charge in [0.25, 0.3) is 0 Å². The van der Waals surface area contributed by atoms with Crippen molar-refractivity contribution in [3.8, 4) is 0 Å². The van der Waals surface area contributed by atoms with E-state index in [1.807, 2.05) is 6.20 Å². The molecule has 3 heterocycles. The van der Waals surface area contributed by atoms with E-state index in [2.05, 4.69) is 168 Å². The summed E-state index contributed by atoms with van der Waals surface area (Å²) in [5, 5.41) is 3.41. The fraction of sp³-hybridized carbons (Fsp3) is 0. The molecule has 0 saturated heterocycles. The minimum Gasteiger partial charge on any atom is -0.308 e. The third kappa shape index (κ3) is 3.66. The molecule has 0 bridgehead atoms. The lowest BCUT2D eigenvalue weighted by Crippen LogP contribution is -2.16. The number of pyridine rings is 1. The van der Waals surface area contributed by atoms with Gasteiger partial charge in [-0.15, -0.1) is 0 Å². The first-order valence-corrected chi connectivity index (χ1v) is 15.0. The first-order valence-electron chi connectivity index (χ1n) is 15.0. The van der Waals surface area contributed by atoms with Gasteiger partial charge in [-0.1, -0.05) is 121 Å². The Bertz CT molecular complexity index is 1990. The SMILES string of the molecule is C1=Cc2ccccc2N(c2c3ccccc3c(N3c4ccccc4C=Cc4ccccc43)c3ncccc23)c2ccccc21. The number of para-hydroxylation sites is 4. The zero-order chi connectivity index (χ0) is 29.0.